The zero-order chi connectivity index (χ0) is 11.0. The molecule has 4 heteroatoms. The minimum absolute atomic E-state index is 0.490. The molecule has 0 aliphatic carbocycles. The third-order valence-electron chi connectivity index (χ3n) is 2.96. The summed E-state index contributed by atoms with van der Waals surface area (Å²) in [6.45, 7) is 2.00. The first-order chi connectivity index (χ1) is 7.84. The number of nitrogens with zero attached hydrogens (tertiary/aromatic N) is 3. The van der Waals surface area contributed by atoms with Crippen LogP contribution in [0, 0.1) is 0 Å². The van der Waals surface area contributed by atoms with E-state index >= 15 is 0 Å². The number of rotatable bonds is 2. The lowest BCUT2D eigenvalue weighted by Gasteiger charge is -2.23. The van der Waals surface area contributed by atoms with Gasteiger partial charge in [0.2, 0.25) is 0 Å². The molecule has 1 aliphatic heterocycles. The van der Waals surface area contributed by atoms with Crippen LogP contribution < -0.4 is 5.32 Å². The summed E-state index contributed by atoms with van der Waals surface area (Å²) in [5, 5.41) is 7.71. The van der Waals surface area contributed by atoms with Gasteiger partial charge in [0, 0.05) is 31.6 Å². The highest BCUT2D eigenvalue weighted by atomic mass is 15.3. The van der Waals surface area contributed by atoms with Crippen molar-refractivity contribution in [2.75, 3.05) is 13.1 Å². The maximum atomic E-state index is 4.61. The highest BCUT2D eigenvalue weighted by Gasteiger charge is 2.24. The van der Waals surface area contributed by atoms with Crippen LogP contribution in [0.5, 0.6) is 0 Å². The van der Waals surface area contributed by atoms with Gasteiger partial charge in [0.25, 0.3) is 0 Å². The van der Waals surface area contributed by atoms with Crippen molar-refractivity contribution < 1.29 is 0 Å². The Hall–Kier alpha value is -1.68. The Kier molecular flexibility index (Phi) is 2.22. The molecule has 82 valence electrons. The Labute approximate surface area is 94.3 Å². The number of hydrogen-bond acceptors (Lipinski definition) is 3. The predicted octanol–water partition coefficient (Wildman–Crippen LogP) is 1.17. The van der Waals surface area contributed by atoms with Gasteiger partial charge in [0.15, 0.2) is 11.6 Å². The lowest BCUT2D eigenvalue weighted by molar-refractivity contribution is 0.428. The van der Waals surface area contributed by atoms with Crippen LogP contribution in [0.25, 0.3) is 11.4 Å². The van der Waals surface area contributed by atoms with Gasteiger partial charge in [-0.25, -0.2) is 9.67 Å². The van der Waals surface area contributed by atoms with Crippen molar-refractivity contribution in [1.82, 2.24) is 20.1 Å². The Morgan fingerprint density at radius 1 is 1.25 bits per heavy atom. The van der Waals surface area contributed by atoms with Crippen LogP contribution in [-0.4, -0.2) is 27.9 Å². The third kappa shape index (κ3) is 1.51. The quantitative estimate of drug-likeness (QED) is 0.816. The second-order valence-electron chi connectivity index (χ2n) is 4.14. The molecule has 1 saturated heterocycles. The highest BCUT2D eigenvalue weighted by molar-refractivity contribution is 5.54. The van der Waals surface area contributed by atoms with Crippen molar-refractivity contribution in [1.29, 1.82) is 0 Å². The van der Waals surface area contributed by atoms with E-state index in [2.05, 4.69) is 27.5 Å². The minimum atomic E-state index is 0.490. The van der Waals surface area contributed by atoms with Gasteiger partial charge in [-0.3, -0.25) is 0 Å². The average molecular weight is 214 g/mol. The zero-order valence-corrected chi connectivity index (χ0v) is 9.22. The van der Waals surface area contributed by atoms with Crippen LogP contribution in [0.3, 0.4) is 0 Å². The molecule has 16 heavy (non-hydrogen) atoms. The Bertz CT molecular complexity index is 485. The van der Waals surface area contributed by atoms with Crippen molar-refractivity contribution in [3.63, 3.8) is 0 Å². The van der Waals surface area contributed by atoms with Crippen molar-refractivity contribution in [3.05, 3.63) is 36.2 Å². The van der Waals surface area contributed by atoms with Gasteiger partial charge in [-0.2, -0.15) is 5.10 Å². The highest BCUT2D eigenvalue weighted by Crippen LogP contribution is 2.21. The first kappa shape index (κ1) is 9.54. The second kappa shape index (κ2) is 3.72. The van der Waals surface area contributed by atoms with Crippen molar-refractivity contribution in [2.24, 2.45) is 7.05 Å². The first-order valence-electron chi connectivity index (χ1n) is 5.51. The van der Waals surface area contributed by atoms with Crippen LogP contribution in [0.2, 0.25) is 0 Å². The molecular formula is C12H14N4. The minimum Gasteiger partial charge on any atom is -0.315 e. The molecule has 4 nitrogen and oxygen atoms in total. The Morgan fingerprint density at radius 2 is 2.00 bits per heavy atom. The summed E-state index contributed by atoms with van der Waals surface area (Å²) in [7, 11) is 1.95. The molecule has 1 aromatic heterocycles. The van der Waals surface area contributed by atoms with Crippen molar-refractivity contribution in [2.45, 2.75) is 5.92 Å². The molecule has 1 N–H and O–H groups in total. The number of aryl methyl sites for hydroxylation is 1. The maximum Gasteiger partial charge on any atom is 0.158 e. The van der Waals surface area contributed by atoms with E-state index in [-0.39, 0.29) is 0 Å². The van der Waals surface area contributed by atoms with Crippen LogP contribution >= 0.6 is 0 Å². The topological polar surface area (TPSA) is 42.7 Å². The molecule has 1 fully saturated rings. The number of aromatic nitrogens is 3. The fraction of sp³-hybridized carbons (Fsp3) is 0.333. The lowest BCUT2D eigenvalue weighted by atomic mass is 10.0. The smallest absolute Gasteiger partial charge is 0.158 e. The molecule has 0 bridgehead atoms. The van der Waals surface area contributed by atoms with E-state index in [1.807, 2.05) is 29.9 Å². The standard InChI is InChI=1S/C12H14N4/c1-16-12(9-5-3-2-4-6-9)14-11(15-16)10-7-13-8-10/h2-6,10,13H,7-8H2,1H3. The van der Waals surface area contributed by atoms with Crippen LogP contribution in [0.15, 0.2) is 30.3 Å². The van der Waals surface area contributed by atoms with Crippen LogP contribution in [-0.2, 0) is 7.05 Å². The molecule has 0 spiro atoms. The van der Waals surface area contributed by atoms with Gasteiger partial charge >= 0.3 is 0 Å². The molecule has 3 rings (SSSR count). The van der Waals surface area contributed by atoms with Gasteiger partial charge in [0.1, 0.15) is 0 Å². The molecule has 2 aromatic rings. The SMILES string of the molecule is Cn1nc(C2CNC2)nc1-c1ccccc1. The lowest BCUT2D eigenvalue weighted by Crippen LogP contribution is -2.40. The summed E-state index contributed by atoms with van der Waals surface area (Å²) < 4.78 is 1.86. The summed E-state index contributed by atoms with van der Waals surface area (Å²) in [5.74, 6) is 2.39. The summed E-state index contributed by atoms with van der Waals surface area (Å²) in [6, 6.07) is 10.2. The fourth-order valence-electron chi connectivity index (χ4n) is 1.89. The largest absolute Gasteiger partial charge is 0.315 e. The zero-order valence-electron chi connectivity index (χ0n) is 9.22. The van der Waals surface area contributed by atoms with Crippen LogP contribution in [0.1, 0.15) is 11.7 Å². The van der Waals surface area contributed by atoms with Crippen molar-refractivity contribution >= 4 is 0 Å². The molecule has 0 radical (unpaired) electrons. The van der Waals surface area contributed by atoms with E-state index < -0.39 is 0 Å². The van der Waals surface area contributed by atoms with Gasteiger partial charge < -0.3 is 5.32 Å². The molecule has 1 aromatic carbocycles. The van der Waals surface area contributed by atoms with E-state index in [0.717, 1.165) is 30.3 Å². The number of nitrogens with one attached hydrogen (secondary N) is 1. The Morgan fingerprint density at radius 3 is 2.62 bits per heavy atom. The molecule has 2 heterocycles. The summed E-state index contributed by atoms with van der Waals surface area (Å²) in [5.41, 5.74) is 1.12. The van der Waals surface area contributed by atoms with Gasteiger partial charge in [-0.05, 0) is 0 Å². The van der Waals surface area contributed by atoms with Crippen molar-refractivity contribution in [3.8, 4) is 11.4 Å². The number of hydrogen-bond donors (Lipinski definition) is 1. The van der Waals surface area contributed by atoms with Crippen LogP contribution in [0.4, 0.5) is 0 Å². The van der Waals surface area contributed by atoms with Gasteiger partial charge in [0.05, 0.1) is 0 Å². The van der Waals surface area contributed by atoms with E-state index in [1.54, 1.807) is 0 Å². The summed E-state index contributed by atoms with van der Waals surface area (Å²) >= 11 is 0. The Balaban J connectivity index is 1.98. The summed E-state index contributed by atoms with van der Waals surface area (Å²) in [6.07, 6.45) is 0. The maximum absolute atomic E-state index is 4.61. The van der Waals surface area contributed by atoms with E-state index in [4.69, 9.17) is 0 Å². The monoisotopic (exact) mass is 214 g/mol. The van der Waals surface area contributed by atoms with E-state index in [0.29, 0.717) is 5.92 Å². The normalized spacial score (nSPS) is 16.1. The number of benzene rings is 1. The molecule has 0 amide bonds. The fourth-order valence-corrected chi connectivity index (χ4v) is 1.89. The first-order valence-corrected chi connectivity index (χ1v) is 5.51. The average Bonchev–Trinajstić information content (AvgIpc) is 2.59. The molecule has 0 atom stereocenters. The van der Waals surface area contributed by atoms with Gasteiger partial charge in [-0.1, -0.05) is 30.3 Å². The summed E-state index contributed by atoms with van der Waals surface area (Å²) in [4.78, 5) is 4.61. The van der Waals surface area contributed by atoms with Gasteiger partial charge in [-0.15, -0.1) is 0 Å². The van der Waals surface area contributed by atoms with E-state index in [1.165, 1.54) is 0 Å². The molecule has 0 saturated carbocycles. The molecule has 0 unspecified atom stereocenters. The second-order valence-corrected chi connectivity index (χ2v) is 4.14. The predicted molar refractivity (Wildman–Crippen MR) is 62.0 cm³/mol. The molecule has 1 aliphatic rings. The third-order valence-corrected chi connectivity index (χ3v) is 2.96. The van der Waals surface area contributed by atoms with E-state index in [9.17, 15) is 0 Å². The molecular weight excluding hydrogens is 200 g/mol.